The van der Waals surface area contributed by atoms with E-state index in [0.717, 1.165) is 11.1 Å². The number of carboxylic acid groups (broad SMARTS) is 1. The molecule has 1 aliphatic heterocycles. The molecule has 226 valence electrons. The first kappa shape index (κ1) is 31.0. The van der Waals surface area contributed by atoms with Crippen LogP contribution in [0.2, 0.25) is 18.1 Å². The first-order valence-electron chi connectivity index (χ1n) is 13.9. The topological polar surface area (TPSA) is 119 Å². The molecule has 2 atom stereocenters. The third kappa shape index (κ3) is 6.76. The van der Waals surface area contributed by atoms with Crippen LogP contribution in [0.3, 0.4) is 0 Å². The van der Waals surface area contributed by atoms with E-state index < -0.39 is 26.5 Å². The van der Waals surface area contributed by atoms with Gasteiger partial charge in [-0.1, -0.05) is 51.1 Å². The fourth-order valence-electron chi connectivity index (χ4n) is 4.68. The molecule has 2 aromatic carbocycles. The van der Waals surface area contributed by atoms with Crippen LogP contribution in [-0.4, -0.2) is 76.5 Å². The van der Waals surface area contributed by atoms with Crippen molar-refractivity contribution in [2.45, 2.75) is 77.2 Å². The van der Waals surface area contributed by atoms with E-state index in [0.29, 0.717) is 23.8 Å². The van der Waals surface area contributed by atoms with E-state index in [1.807, 2.05) is 36.4 Å². The second kappa shape index (κ2) is 12.5. The van der Waals surface area contributed by atoms with E-state index in [2.05, 4.69) is 44.1 Å². The molecule has 0 radical (unpaired) electrons. The average Bonchev–Trinajstić information content (AvgIpc) is 3.41. The lowest BCUT2D eigenvalue weighted by Gasteiger charge is -2.50. The number of ether oxygens (including phenoxy) is 2. The van der Waals surface area contributed by atoms with Crippen molar-refractivity contribution >= 4 is 20.3 Å². The summed E-state index contributed by atoms with van der Waals surface area (Å²) < 4.78 is 17.2. The number of rotatable bonds is 12. The van der Waals surface area contributed by atoms with E-state index >= 15 is 0 Å². The minimum Gasteiger partial charge on any atom is -0.497 e. The van der Waals surface area contributed by atoms with Crippen LogP contribution in [0.25, 0.3) is 0 Å². The van der Waals surface area contributed by atoms with Crippen molar-refractivity contribution in [3.05, 3.63) is 71.5 Å². The van der Waals surface area contributed by atoms with Crippen molar-refractivity contribution in [2.75, 3.05) is 14.2 Å². The molecular weight excluding hydrogens is 554 g/mol. The van der Waals surface area contributed by atoms with Crippen LogP contribution < -0.4 is 9.47 Å². The number of carbonyl (C=O) groups excluding carboxylic acids is 1. The van der Waals surface area contributed by atoms with Crippen molar-refractivity contribution in [1.29, 1.82) is 0 Å². The predicted octanol–water partition coefficient (Wildman–Crippen LogP) is 4.78. The molecule has 0 aliphatic carbocycles. The Morgan fingerprint density at radius 1 is 1.10 bits per heavy atom. The van der Waals surface area contributed by atoms with Gasteiger partial charge in [0.05, 0.1) is 39.6 Å². The van der Waals surface area contributed by atoms with Gasteiger partial charge in [-0.3, -0.25) is 9.69 Å². The molecule has 12 heteroatoms. The lowest BCUT2D eigenvalue weighted by Crippen LogP contribution is -2.71. The number of hydrogen-bond acceptors (Lipinski definition) is 7. The average molecular weight is 596 g/mol. The highest BCUT2D eigenvalue weighted by molar-refractivity contribution is 6.74. The number of benzene rings is 2. The highest BCUT2D eigenvalue weighted by Crippen LogP contribution is 2.37. The molecule has 1 aromatic heterocycles. The summed E-state index contributed by atoms with van der Waals surface area (Å²) in [5, 5.41) is 19.3. The van der Waals surface area contributed by atoms with E-state index in [9.17, 15) is 14.7 Å². The Kier molecular flexibility index (Phi) is 9.26. The van der Waals surface area contributed by atoms with Crippen molar-refractivity contribution in [2.24, 2.45) is 0 Å². The summed E-state index contributed by atoms with van der Waals surface area (Å²) in [5.41, 5.74) is 2.26. The van der Waals surface area contributed by atoms with Crippen LogP contribution in [-0.2, 0) is 35.5 Å². The molecule has 0 bridgehead atoms. The van der Waals surface area contributed by atoms with Gasteiger partial charge in [0.2, 0.25) is 5.91 Å². The third-order valence-electron chi connectivity index (χ3n) is 8.23. The Labute approximate surface area is 248 Å². The van der Waals surface area contributed by atoms with Gasteiger partial charge in [-0.05, 0) is 35.8 Å². The Morgan fingerprint density at radius 2 is 1.81 bits per heavy atom. The summed E-state index contributed by atoms with van der Waals surface area (Å²) >= 11 is 0. The van der Waals surface area contributed by atoms with Crippen LogP contribution in [0.4, 0.5) is 4.79 Å². The van der Waals surface area contributed by atoms with Gasteiger partial charge in [0.1, 0.15) is 23.2 Å². The van der Waals surface area contributed by atoms with Crippen molar-refractivity contribution in [3.8, 4) is 11.5 Å². The molecule has 1 aliphatic rings. The largest absolute Gasteiger partial charge is 0.497 e. The fourth-order valence-corrected chi connectivity index (χ4v) is 5.62. The first-order chi connectivity index (χ1) is 19.8. The van der Waals surface area contributed by atoms with Crippen LogP contribution in [0.1, 0.15) is 37.6 Å². The summed E-state index contributed by atoms with van der Waals surface area (Å²) in [6.07, 6.45) is 0.499. The van der Waals surface area contributed by atoms with Gasteiger partial charge >= 0.3 is 6.09 Å². The number of aromatic nitrogens is 3. The number of nitrogens with zero attached hydrogens (tertiary/aromatic N) is 5. The van der Waals surface area contributed by atoms with E-state index in [1.54, 1.807) is 37.4 Å². The zero-order valence-electron chi connectivity index (χ0n) is 25.4. The second-order valence-corrected chi connectivity index (χ2v) is 16.8. The molecule has 4 rings (SSSR count). The Balaban J connectivity index is 1.59. The summed E-state index contributed by atoms with van der Waals surface area (Å²) in [5.74, 6) is 0.920. The monoisotopic (exact) mass is 595 g/mol. The number of carbonyl (C=O) groups is 2. The summed E-state index contributed by atoms with van der Waals surface area (Å²) in [6, 6.07) is 13.2. The molecule has 0 saturated carbocycles. The lowest BCUT2D eigenvalue weighted by atomic mass is 9.91. The van der Waals surface area contributed by atoms with Gasteiger partial charge in [-0.25, -0.2) is 4.79 Å². The maximum Gasteiger partial charge on any atom is 0.408 e. The van der Waals surface area contributed by atoms with Crippen molar-refractivity contribution in [1.82, 2.24) is 24.8 Å². The summed E-state index contributed by atoms with van der Waals surface area (Å²) in [4.78, 5) is 30.5. The van der Waals surface area contributed by atoms with Gasteiger partial charge < -0.3 is 23.9 Å². The molecule has 3 aromatic rings. The summed E-state index contributed by atoms with van der Waals surface area (Å²) in [6.45, 7) is 11.8. The number of hydrogen-bond donors (Lipinski definition) is 1. The summed E-state index contributed by atoms with van der Waals surface area (Å²) in [7, 11) is 1.15. The number of amides is 2. The van der Waals surface area contributed by atoms with Gasteiger partial charge in [0.15, 0.2) is 8.32 Å². The standard InChI is InChI=1S/C30H41N5O6Si/c1-30(2,3)42(6,7)41-20-23-16-31-35(32-23)19-25-27(34(29(37)38)17-21-11-9-8-10-12-21)28(36)33(25)18-22-13-14-24(39-4)15-26(22)40-5/h8-16,25,27H,17-20H2,1-7H3,(H,37,38)/t25-,27-/m0/s1. The second-order valence-electron chi connectivity index (χ2n) is 12.0. The zero-order valence-corrected chi connectivity index (χ0v) is 26.4. The van der Waals surface area contributed by atoms with Crippen LogP contribution in [0, 0.1) is 0 Å². The van der Waals surface area contributed by atoms with E-state index in [4.69, 9.17) is 13.9 Å². The smallest absolute Gasteiger partial charge is 0.408 e. The Hall–Kier alpha value is -3.90. The van der Waals surface area contributed by atoms with Gasteiger partial charge in [-0.2, -0.15) is 15.0 Å². The molecule has 1 N–H and O–H groups in total. The first-order valence-corrected chi connectivity index (χ1v) is 16.8. The highest BCUT2D eigenvalue weighted by atomic mass is 28.4. The number of β-lactam (4-membered cyclic amide) rings is 1. The third-order valence-corrected chi connectivity index (χ3v) is 12.7. The van der Waals surface area contributed by atoms with E-state index in [1.165, 1.54) is 9.70 Å². The minimum absolute atomic E-state index is 0.0601. The van der Waals surface area contributed by atoms with Gasteiger partial charge in [-0.15, -0.1) is 0 Å². The molecule has 2 amide bonds. The number of methoxy groups -OCH3 is 2. The molecule has 42 heavy (non-hydrogen) atoms. The highest BCUT2D eigenvalue weighted by Gasteiger charge is 2.52. The van der Waals surface area contributed by atoms with Crippen molar-refractivity contribution in [3.63, 3.8) is 0 Å². The van der Waals surface area contributed by atoms with Gasteiger partial charge in [0, 0.05) is 24.7 Å². The van der Waals surface area contributed by atoms with Crippen LogP contribution in [0.15, 0.2) is 54.7 Å². The van der Waals surface area contributed by atoms with Crippen LogP contribution in [0.5, 0.6) is 11.5 Å². The zero-order chi connectivity index (χ0) is 30.7. The minimum atomic E-state index is -1.98. The van der Waals surface area contributed by atoms with Gasteiger partial charge in [0.25, 0.3) is 0 Å². The van der Waals surface area contributed by atoms with Crippen LogP contribution >= 0.6 is 0 Å². The maximum atomic E-state index is 13.6. The molecule has 11 nitrogen and oxygen atoms in total. The maximum absolute atomic E-state index is 13.6. The predicted molar refractivity (Wildman–Crippen MR) is 160 cm³/mol. The SMILES string of the molecule is COc1ccc(CN2C(=O)[C@@H](N(Cc3ccccc3)C(=O)O)[C@@H]2Cn2ncc(CO[Si](C)(C)C(C)(C)C)n2)c(OC)c1. The lowest BCUT2D eigenvalue weighted by molar-refractivity contribution is -0.161. The quantitative estimate of drug-likeness (QED) is 0.235. The Bertz CT molecular complexity index is 1390. The number of likely N-dealkylation sites (tertiary alicyclic amines) is 1. The molecule has 0 spiro atoms. The molecule has 0 unspecified atom stereocenters. The molecule has 1 saturated heterocycles. The molecule has 1 fully saturated rings. The van der Waals surface area contributed by atoms with Crippen molar-refractivity contribution < 1.29 is 28.6 Å². The Morgan fingerprint density at radius 3 is 2.43 bits per heavy atom. The molecular formula is C30H41N5O6Si. The normalized spacial score (nSPS) is 17.1. The fraction of sp³-hybridized carbons (Fsp3) is 0.467. The molecule has 2 heterocycles. The van der Waals surface area contributed by atoms with E-state index in [-0.39, 0.29) is 30.6 Å².